The molecule has 0 aromatic heterocycles. The molecular formula is C32H33Cl2F3N2O4. The first-order valence-corrected chi connectivity index (χ1v) is 14.8. The fraction of sp³-hybridized carbons (Fsp3) is 0.406. The number of likely N-dealkylation sites (N-methyl/N-ethyl adjacent to an activating group) is 1. The average molecular weight is 638 g/mol. The highest BCUT2D eigenvalue weighted by Gasteiger charge is 2.40. The number of carbonyl (C=O) groups is 1. The summed E-state index contributed by atoms with van der Waals surface area (Å²) in [4.78, 5) is 15.6. The van der Waals surface area contributed by atoms with Crippen LogP contribution in [0.1, 0.15) is 53.4 Å². The third kappa shape index (κ3) is 7.40. The summed E-state index contributed by atoms with van der Waals surface area (Å²) in [6, 6.07) is 16.0. The summed E-state index contributed by atoms with van der Waals surface area (Å²) in [5, 5.41) is 0.966. The van der Waals surface area contributed by atoms with Gasteiger partial charge in [0.25, 0.3) is 0 Å². The summed E-state index contributed by atoms with van der Waals surface area (Å²) < 4.78 is 57.7. The molecule has 11 heteroatoms. The van der Waals surface area contributed by atoms with Gasteiger partial charge in [-0.25, -0.2) is 0 Å². The number of methoxy groups -OCH3 is 1. The topological polar surface area (TPSA) is 51.2 Å². The first-order chi connectivity index (χ1) is 20.4. The van der Waals surface area contributed by atoms with Gasteiger partial charge in [0.15, 0.2) is 0 Å². The molecule has 0 bridgehead atoms. The molecule has 0 aliphatic carbocycles. The minimum atomic E-state index is -4.45. The van der Waals surface area contributed by atoms with Crippen molar-refractivity contribution >= 4 is 29.2 Å². The maximum Gasteiger partial charge on any atom is 0.401 e. The van der Waals surface area contributed by atoms with Gasteiger partial charge in [-0.3, -0.25) is 14.6 Å². The van der Waals surface area contributed by atoms with Gasteiger partial charge in [0.1, 0.15) is 29.7 Å². The van der Waals surface area contributed by atoms with Crippen molar-refractivity contribution < 1.29 is 32.2 Å². The van der Waals surface area contributed by atoms with Gasteiger partial charge in [0.2, 0.25) is 0 Å². The number of fused-ring (bicyclic) bond motifs is 2. The maximum absolute atomic E-state index is 13.4. The summed E-state index contributed by atoms with van der Waals surface area (Å²) in [7, 11) is 3.19. The Balaban J connectivity index is 1.35. The molecule has 0 amide bonds. The lowest BCUT2D eigenvalue weighted by atomic mass is 9.91. The average Bonchev–Trinajstić information content (AvgIpc) is 3.12. The number of esters is 1. The molecule has 0 saturated carbocycles. The first-order valence-electron chi connectivity index (χ1n) is 14.0. The van der Waals surface area contributed by atoms with E-state index in [2.05, 4.69) is 4.90 Å². The number of halogens is 5. The number of alkyl halides is 3. The Morgan fingerprint density at radius 3 is 2.42 bits per heavy atom. The standard InChI is InChI=1S/C32H33Cl2F3N2O4/c1-4-28(20-7-10-25(33)26(34)12-20)42-24-8-5-19(6-9-24)30-17-38(2)15-23-11-21-13-27(31(40)41-3)39(18-32(35,36)37)16-22(21)14-29(23)43-30/h5-12,14,27-28,30H,4,13,15-18H2,1-3H3/t27-,28+,30+/m0/s1. The van der Waals surface area contributed by atoms with Crippen LogP contribution < -0.4 is 9.47 Å². The molecule has 2 heterocycles. The lowest BCUT2D eigenvalue weighted by Crippen LogP contribution is -2.49. The maximum atomic E-state index is 13.4. The molecule has 0 N–H and O–H groups in total. The van der Waals surface area contributed by atoms with Gasteiger partial charge in [-0.1, -0.05) is 54.4 Å². The zero-order valence-electron chi connectivity index (χ0n) is 24.1. The van der Waals surface area contributed by atoms with E-state index in [4.69, 9.17) is 37.4 Å². The third-order valence-corrected chi connectivity index (χ3v) is 8.61. The van der Waals surface area contributed by atoms with E-state index in [-0.39, 0.29) is 25.2 Å². The van der Waals surface area contributed by atoms with Gasteiger partial charge in [0, 0.05) is 25.2 Å². The van der Waals surface area contributed by atoms with E-state index in [0.717, 1.165) is 33.6 Å². The highest BCUT2D eigenvalue weighted by molar-refractivity contribution is 6.42. The van der Waals surface area contributed by atoms with Crippen LogP contribution in [0.2, 0.25) is 10.0 Å². The van der Waals surface area contributed by atoms with Crippen LogP contribution in [0.25, 0.3) is 0 Å². The van der Waals surface area contributed by atoms with E-state index in [1.54, 1.807) is 6.07 Å². The van der Waals surface area contributed by atoms with Crippen molar-refractivity contribution in [2.24, 2.45) is 0 Å². The molecule has 0 fully saturated rings. The van der Waals surface area contributed by atoms with Crippen LogP contribution in [0, 0.1) is 0 Å². The summed E-state index contributed by atoms with van der Waals surface area (Å²) in [5.41, 5.74) is 4.34. The molecule has 6 nitrogen and oxygen atoms in total. The summed E-state index contributed by atoms with van der Waals surface area (Å²) in [6.45, 7) is 2.00. The van der Waals surface area contributed by atoms with Gasteiger partial charge in [-0.2, -0.15) is 13.2 Å². The monoisotopic (exact) mass is 636 g/mol. The normalized spacial score (nSPS) is 19.9. The lowest BCUT2D eigenvalue weighted by Gasteiger charge is -2.36. The number of nitrogens with zero attached hydrogens (tertiary/aromatic N) is 2. The quantitative estimate of drug-likeness (QED) is 0.250. The van der Waals surface area contributed by atoms with Crippen LogP contribution in [0.4, 0.5) is 13.2 Å². The Labute approximate surface area is 259 Å². The van der Waals surface area contributed by atoms with Crippen LogP contribution in [0.3, 0.4) is 0 Å². The molecule has 2 aliphatic rings. The SMILES string of the molecule is CC[C@@H](Oc1ccc([C@H]2CN(C)Cc3cc4c(cc3O2)CN(CC(F)(F)F)[C@H](C(=O)OC)C4)cc1)c1ccc(Cl)c(Cl)c1. The number of carbonyl (C=O) groups excluding carboxylic acids is 1. The van der Waals surface area contributed by atoms with Gasteiger partial charge in [-0.05, 0) is 72.5 Å². The molecule has 3 aromatic carbocycles. The van der Waals surface area contributed by atoms with Crippen LogP contribution in [-0.4, -0.2) is 55.2 Å². The van der Waals surface area contributed by atoms with Crippen molar-refractivity contribution in [2.45, 2.75) is 57.3 Å². The highest BCUT2D eigenvalue weighted by atomic mass is 35.5. The largest absolute Gasteiger partial charge is 0.486 e. The van der Waals surface area contributed by atoms with Gasteiger partial charge in [0.05, 0.1) is 23.7 Å². The Kier molecular flexibility index (Phi) is 9.46. The summed E-state index contributed by atoms with van der Waals surface area (Å²) in [5.74, 6) is 0.651. The molecule has 230 valence electrons. The number of ether oxygens (including phenoxy) is 3. The Hall–Kier alpha value is -2.98. The minimum absolute atomic E-state index is 0.0325. The lowest BCUT2D eigenvalue weighted by molar-refractivity contribution is -0.165. The molecule has 43 heavy (non-hydrogen) atoms. The first kappa shape index (κ1) is 31.4. The zero-order valence-corrected chi connectivity index (χ0v) is 25.6. The summed E-state index contributed by atoms with van der Waals surface area (Å²) in [6.07, 6.45) is -4.09. The number of hydrogen-bond acceptors (Lipinski definition) is 6. The van der Waals surface area contributed by atoms with E-state index in [0.29, 0.717) is 40.2 Å². The fourth-order valence-electron chi connectivity index (χ4n) is 5.75. The van der Waals surface area contributed by atoms with Crippen molar-refractivity contribution in [1.82, 2.24) is 9.80 Å². The molecule has 0 saturated heterocycles. The molecule has 0 unspecified atom stereocenters. The molecule has 3 aromatic rings. The molecular weight excluding hydrogens is 604 g/mol. The third-order valence-electron chi connectivity index (χ3n) is 7.87. The second-order valence-corrected chi connectivity index (χ2v) is 11.9. The molecule has 2 aliphatic heterocycles. The van der Waals surface area contributed by atoms with E-state index in [9.17, 15) is 18.0 Å². The van der Waals surface area contributed by atoms with Crippen molar-refractivity contribution in [2.75, 3.05) is 27.2 Å². The predicted octanol–water partition coefficient (Wildman–Crippen LogP) is 7.55. The highest BCUT2D eigenvalue weighted by Crippen LogP contribution is 2.37. The van der Waals surface area contributed by atoms with Crippen molar-refractivity contribution in [3.8, 4) is 11.5 Å². The number of hydrogen-bond donors (Lipinski definition) is 0. The smallest absolute Gasteiger partial charge is 0.401 e. The fourth-order valence-corrected chi connectivity index (χ4v) is 6.05. The Bertz CT molecular complexity index is 1470. The second kappa shape index (κ2) is 12.9. The van der Waals surface area contributed by atoms with E-state index in [1.165, 1.54) is 7.11 Å². The van der Waals surface area contributed by atoms with Crippen molar-refractivity contribution in [3.05, 3.63) is 92.5 Å². The molecule has 0 radical (unpaired) electrons. The molecule has 0 spiro atoms. The molecule has 5 rings (SSSR count). The van der Waals surface area contributed by atoms with E-state index in [1.807, 2.05) is 62.5 Å². The number of rotatable bonds is 7. The molecule has 3 atom stereocenters. The Morgan fingerprint density at radius 1 is 1.02 bits per heavy atom. The zero-order chi connectivity index (χ0) is 30.9. The van der Waals surface area contributed by atoms with Crippen LogP contribution in [0.15, 0.2) is 54.6 Å². The van der Waals surface area contributed by atoms with Crippen LogP contribution >= 0.6 is 23.2 Å². The van der Waals surface area contributed by atoms with Crippen LogP contribution in [-0.2, 0) is 29.0 Å². The number of benzene rings is 3. The van der Waals surface area contributed by atoms with E-state index < -0.39 is 24.7 Å². The second-order valence-electron chi connectivity index (χ2n) is 11.1. The van der Waals surface area contributed by atoms with Crippen LogP contribution in [0.5, 0.6) is 11.5 Å². The Morgan fingerprint density at radius 2 is 1.77 bits per heavy atom. The predicted molar refractivity (Wildman–Crippen MR) is 159 cm³/mol. The van der Waals surface area contributed by atoms with Gasteiger partial charge in [-0.15, -0.1) is 0 Å². The minimum Gasteiger partial charge on any atom is -0.486 e. The van der Waals surface area contributed by atoms with Crippen molar-refractivity contribution in [3.63, 3.8) is 0 Å². The van der Waals surface area contributed by atoms with Gasteiger partial charge >= 0.3 is 12.1 Å². The summed E-state index contributed by atoms with van der Waals surface area (Å²) >= 11 is 12.3. The van der Waals surface area contributed by atoms with Crippen molar-refractivity contribution in [1.29, 1.82) is 0 Å². The van der Waals surface area contributed by atoms with E-state index >= 15 is 0 Å². The van der Waals surface area contributed by atoms with Gasteiger partial charge < -0.3 is 14.2 Å².